The molecular formula is C25H27ClN2O2. The molecule has 1 saturated heterocycles. The summed E-state index contributed by atoms with van der Waals surface area (Å²) in [5, 5.41) is 4.15. The maximum absolute atomic E-state index is 6.41. The topological polar surface area (TPSA) is 33.7 Å². The number of hydrogen-bond acceptors (Lipinski definition) is 4. The van der Waals surface area contributed by atoms with Crippen LogP contribution in [-0.4, -0.2) is 38.2 Å². The standard InChI is InChI=1S/C25H27ClN2O2/c1-29-23-12-11-20(26)17-22(23)25(28-15-13-27-14-16-28)21-9-5-6-10-24(21)30-18-19-7-3-2-4-8-19/h2-12,17,25,27H,13-16,18H2,1H3. The number of benzene rings is 3. The van der Waals surface area contributed by atoms with Crippen LogP contribution < -0.4 is 14.8 Å². The molecule has 4 rings (SSSR count). The molecule has 1 heterocycles. The molecule has 0 bridgehead atoms. The molecule has 0 radical (unpaired) electrons. The van der Waals surface area contributed by atoms with E-state index in [1.54, 1.807) is 7.11 Å². The van der Waals surface area contributed by atoms with Crippen molar-refractivity contribution in [3.63, 3.8) is 0 Å². The highest BCUT2D eigenvalue weighted by Crippen LogP contribution is 2.40. The molecule has 5 heteroatoms. The molecule has 0 aromatic heterocycles. The van der Waals surface area contributed by atoms with Crippen molar-refractivity contribution < 1.29 is 9.47 Å². The molecule has 0 aliphatic carbocycles. The van der Waals surface area contributed by atoms with Crippen molar-refractivity contribution >= 4 is 11.6 Å². The number of ether oxygens (including phenoxy) is 2. The molecule has 1 unspecified atom stereocenters. The monoisotopic (exact) mass is 422 g/mol. The molecule has 1 aliphatic rings. The quantitative estimate of drug-likeness (QED) is 0.585. The predicted molar refractivity (Wildman–Crippen MR) is 122 cm³/mol. The second-order valence-electron chi connectivity index (χ2n) is 7.39. The van der Waals surface area contributed by atoms with E-state index < -0.39 is 0 Å². The first-order chi connectivity index (χ1) is 14.8. The molecule has 1 atom stereocenters. The summed E-state index contributed by atoms with van der Waals surface area (Å²) in [5.41, 5.74) is 3.32. The minimum absolute atomic E-state index is 0.00674. The van der Waals surface area contributed by atoms with Crippen LogP contribution in [0, 0.1) is 0 Å². The van der Waals surface area contributed by atoms with E-state index in [0.29, 0.717) is 11.6 Å². The number of hydrogen-bond donors (Lipinski definition) is 1. The molecule has 156 valence electrons. The lowest BCUT2D eigenvalue weighted by Gasteiger charge is -2.36. The van der Waals surface area contributed by atoms with E-state index in [4.69, 9.17) is 21.1 Å². The number of halogens is 1. The summed E-state index contributed by atoms with van der Waals surface area (Å²) in [6.07, 6.45) is 0. The number of rotatable bonds is 7. The number of para-hydroxylation sites is 1. The van der Waals surface area contributed by atoms with Crippen LogP contribution >= 0.6 is 11.6 Å². The average Bonchev–Trinajstić information content (AvgIpc) is 2.80. The van der Waals surface area contributed by atoms with Gasteiger partial charge in [-0.1, -0.05) is 60.1 Å². The summed E-state index contributed by atoms with van der Waals surface area (Å²) in [6, 6.07) is 24.3. The van der Waals surface area contributed by atoms with Crippen molar-refractivity contribution in [2.24, 2.45) is 0 Å². The normalized spacial score (nSPS) is 15.5. The summed E-state index contributed by atoms with van der Waals surface area (Å²) in [4.78, 5) is 2.47. The van der Waals surface area contributed by atoms with Gasteiger partial charge < -0.3 is 14.8 Å². The van der Waals surface area contributed by atoms with Gasteiger partial charge in [0.05, 0.1) is 13.2 Å². The maximum Gasteiger partial charge on any atom is 0.124 e. The smallest absolute Gasteiger partial charge is 0.124 e. The van der Waals surface area contributed by atoms with E-state index in [2.05, 4.69) is 34.5 Å². The Morgan fingerprint density at radius 2 is 1.63 bits per heavy atom. The molecule has 1 aliphatic heterocycles. The zero-order valence-corrected chi connectivity index (χ0v) is 17.9. The van der Waals surface area contributed by atoms with Crippen LogP contribution in [0.5, 0.6) is 11.5 Å². The van der Waals surface area contributed by atoms with Crippen molar-refractivity contribution in [3.8, 4) is 11.5 Å². The van der Waals surface area contributed by atoms with Crippen LogP contribution in [0.25, 0.3) is 0 Å². The van der Waals surface area contributed by atoms with Gasteiger partial charge in [-0.2, -0.15) is 0 Å². The Labute approximate surface area is 183 Å². The largest absolute Gasteiger partial charge is 0.496 e. The van der Waals surface area contributed by atoms with E-state index in [9.17, 15) is 0 Å². The van der Waals surface area contributed by atoms with E-state index in [0.717, 1.165) is 54.4 Å². The van der Waals surface area contributed by atoms with Gasteiger partial charge in [0.15, 0.2) is 0 Å². The fraction of sp³-hybridized carbons (Fsp3) is 0.280. The number of piperazine rings is 1. The van der Waals surface area contributed by atoms with Gasteiger partial charge in [0, 0.05) is 42.3 Å². The summed E-state index contributed by atoms with van der Waals surface area (Å²) in [7, 11) is 1.71. The van der Waals surface area contributed by atoms with E-state index in [-0.39, 0.29) is 6.04 Å². The highest BCUT2D eigenvalue weighted by atomic mass is 35.5. The van der Waals surface area contributed by atoms with Crippen LogP contribution in [0.3, 0.4) is 0 Å². The Balaban J connectivity index is 1.73. The maximum atomic E-state index is 6.41. The number of methoxy groups -OCH3 is 1. The minimum atomic E-state index is -0.00674. The molecule has 3 aromatic carbocycles. The lowest BCUT2D eigenvalue weighted by atomic mass is 9.94. The van der Waals surface area contributed by atoms with Crippen LogP contribution in [0.4, 0.5) is 0 Å². The van der Waals surface area contributed by atoms with E-state index in [1.165, 1.54) is 0 Å². The molecule has 3 aromatic rings. The van der Waals surface area contributed by atoms with Crippen LogP contribution in [0.2, 0.25) is 5.02 Å². The number of nitrogens with one attached hydrogen (secondary N) is 1. The van der Waals surface area contributed by atoms with Crippen molar-refractivity contribution in [1.82, 2.24) is 10.2 Å². The fourth-order valence-electron chi connectivity index (χ4n) is 3.99. The summed E-state index contributed by atoms with van der Waals surface area (Å²) in [5.74, 6) is 1.72. The Hall–Kier alpha value is -2.53. The third kappa shape index (κ3) is 4.78. The van der Waals surface area contributed by atoms with Gasteiger partial charge >= 0.3 is 0 Å². The SMILES string of the molecule is COc1ccc(Cl)cc1C(c1ccccc1OCc1ccccc1)N1CCNCC1. The minimum Gasteiger partial charge on any atom is -0.496 e. The van der Waals surface area contributed by atoms with Gasteiger partial charge in [0.1, 0.15) is 18.1 Å². The first-order valence-corrected chi connectivity index (χ1v) is 10.7. The Kier molecular flexibility index (Phi) is 6.90. The van der Waals surface area contributed by atoms with Crippen molar-refractivity contribution in [1.29, 1.82) is 0 Å². The molecule has 1 N–H and O–H groups in total. The average molecular weight is 423 g/mol. The molecule has 30 heavy (non-hydrogen) atoms. The zero-order valence-electron chi connectivity index (χ0n) is 17.2. The first-order valence-electron chi connectivity index (χ1n) is 10.3. The summed E-state index contributed by atoms with van der Waals surface area (Å²) >= 11 is 6.41. The second kappa shape index (κ2) is 9.98. The van der Waals surface area contributed by atoms with Crippen molar-refractivity contribution in [2.75, 3.05) is 33.3 Å². The third-order valence-electron chi connectivity index (χ3n) is 5.45. The summed E-state index contributed by atoms with van der Waals surface area (Å²) < 4.78 is 12.0. The lowest BCUT2D eigenvalue weighted by Crippen LogP contribution is -2.45. The van der Waals surface area contributed by atoms with Crippen molar-refractivity contribution in [3.05, 3.63) is 94.5 Å². The first kappa shape index (κ1) is 20.7. The van der Waals surface area contributed by atoms with Crippen molar-refractivity contribution in [2.45, 2.75) is 12.6 Å². The van der Waals surface area contributed by atoms with Crippen LogP contribution in [0.15, 0.2) is 72.8 Å². The van der Waals surface area contributed by atoms with Gasteiger partial charge in [0.25, 0.3) is 0 Å². The second-order valence-corrected chi connectivity index (χ2v) is 7.82. The highest BCUT2D eigenvalue weighted by molar-refractivity contribution is 6.30. The van der Waals surface area contributed by atoms with Gasteiger partial charge in [-0.25, -0.2) is 0 Å². The fourth-order valence-corrected chi connectivity index (χ4v) is 4.17. The Morgan fingerprint density at radius 3 is 2.40 bits per heavy atom. The molecule has 1 fully saturated rings. The molecular weight excluding hydrogens is 396 g/mol. The lowest BCUT2D eigenvalue weighted by molar-refractivity contribution is 0.190. The van der Waals surface area contributed by atoms with Gasteiger partial charge in [-0.05, 0) is 29.8 Å². The Bertz CT molecular complexity index is 958. The number of nitrogens with zero attached hydrogens (tertiary/aromatic N) is 1. The van der Waals surface area contributed by atoms with E-state index in [1.807, 2.05) is 48.5 Å². The Morgan fingerprint density at radius 1 is 0.900 bits per heavy atom. The van der Waals surface area contributed by atoms with E-state index >= 15 is 0 Å². The van der Waals surface area contributed by atoms with Gasteiger partial charge in [-0.3, -0.25) is 4.90 Å². The van der Waals surface area contributed by atoms with Crippen LogP contribution in [0.1, 0.15) is 22.7 Å². The molecule has 0 spiro atoms. The summed E-state index contributed by atoms with van der Waals surface area (Å²) in [6.45, 7) is 4.30. The molecule has 4 nitrogen and oxygen atoms in total. The highest BCUT2D eigenvalue weighted by Gasteiger charge is 2.29. The van der Waals surface area contributed by atoms with Crippen LogP contribution in [-0.2, 0) is 6.61 Å². The third-order valence-corrected chi connectivity index (χ3v) is 5.69. The molecule has 0 saturated carbocycles. The predicted octanol–water partition coefficient (Wildman–Crippen LogP) is 4.92. The zero-order chi connectivity index (χ0) is 20.8. The molecule has 0 amide bonds. The van der Waals surface area contributed by atoms with Gasteiger partial charge in [0.2, 0.25) is 0 Å². The van der Waals surface area contributed by atoms with Gasteiger partial charge in [-0.15, -0.1) is 0 Å².